The van der Waals surface area contributed by atoms with E-state index >= 15 is 0 Å². The number of hydrogen-bond acceptors (Lipinski definition) is 4. The lowest BCUT2D eigenvalue weighted by Crippen LogP contribution is -2.30. The molecule has 0 amide bonds. The lowest BCUT2D eigenvalue weighted by atomic mass is 10.1. The Morgan fingerprint density at radius 2 is 2.14 bits per heavy atom. The molecule has 1 saturated heterocycles. The minimum absolute atomic E-state index is 0.335. The van der Waals surface area contributed by atoms with Gasteiger partial charge in [-0.2, -0.15) is 0 Å². The van der Waals surface area contributed by atoms with E-state index in [1.807, 2.05) is 14.1 Å². The van der Waals surface area contributed by atoms with Crippen molar-refractivity contribution in [1.29, 1.82) is 0 Å². The summed E-state index contributed by atoms with van der Waals surface area (Å²) < 4.78 is 22.3. The smallest absolute Gasteiger partial charge is 0.150 e. The van der Waals surface area contributed by atoms with Crippen LogP contribution < -0.4 is 5.32 Å². The van der Waals surface area contributed by atoms with Crippen molar-refractivity contribution in [3.05, 3.63) is 0 Å². The topological polar surface area (TPSA) is 49.4 Å². The van der Waals surface area contributed by atoms with E-state index in [0.717, 1.165) is 26.1 Å². The molecule has 1 N–H and O–H groups in total. The molecule has 0 radical (unpaired) electrons. The van der Waals surface area contributed by atoms with Gasteiger partial charge in [0.1, 0.15) is 0 Å². The van der Waals surface area contributed by atoms with Gasteiger partial charge in [0.25, 0.3) is 0 Å². The van der Waals surface area contributed by atoms with Crippen LogP contribution in [0.4, 0.5) is 0 Å². The molecule has 1 aliphatic rings. The molecular formula is C9H20N2O2S. The molecule has 0 aromatic carbocycles. The third-order valence-electron chi connectivity index (χ3n) is 2.50. The fraction of sp³-hybridized carbons (Fsp3) is 1.00. The molecule has 84 valence electrons. The molecule has 0 aromatic rings. The van der Waals surface area contributed by atoms with Crippen LogP contribution in [-0.4, -0.2) is 58.6 Å². The maximum absolute atomic E-state index is 11.1. The zero-order valence-corrected chi connectivity index (χ0v) is 9.81. The molecular weight excluding hydrogens is 200 g/mol. The van der Waals surface area contributed by atoms with E-state index < -0.39 is 9.84 Å². The summed E-state index contributed by atoms with van der Waals surface area (Å²) in [7, 11) is 1.36. The number of nitrogens with zero attached hydrogens (tertiary/aromatic N) is 1. The van der Waals surface area contributed by atoms with Crippen LogP contribution in [0.2, 0.25) is 0 Å². The predicted molar refractivity (Wildman–Crippen MR) is 58.2 cm³/mol. The zero-order valence-electron chi connectivity index (χ0n) is 8.99. The van der Waals surface area contributed by atoms with Crippen molar-refractivity contribution in [3.8, 4) is 0 Å². The SMILES string of the molecule is CN(C)CCNCC1CCS(=O)(=O)C1. The largest absolute Gasteiger partial charge is 0.315 e. The Morgan fingerprint density at radius 3 is 2.64 bits per heavy atom. The van der Waals surface area contributed by atoms with Crippen LogP contribution in [0.1, 0.15) is 6.42 Å². The van der Waals surface area contributed by atoms with Crippen molar-refractivity contribution in [3.63, 3.8) is 0 Å². The Bertz CT molecular complexity index is 262. The maximum Gasteiger partial charge on any atom is 0.150 e. The summed E-state index contributed by atoms with van der Waals surface area (Å²) in [6.45, 7) is 2.77. The Morgan fingerprint density at radius 1 is 1.43 bits per heavy atom. The quantitative estimate of drug-likeness (QED) is 0.639. The van der Waals surface area contributed by atoms with Gasteiger partial charge in [-0.05, 0) is 33.0 Å². The molecule has 0 saturated carbocycles. The van der Waals surface area contributed by atoms with E-state index in [1.165, 1.54) is 0 Å². The molecule has 0 spiro atoms. The summed E-state index contributed by atoms with van der Waals surface area (Å²) in [6, 6.07) is 0. The van der Waals surface area contributed by atoms with Gasteiger partial charge in [0.05, 0.1) is 11.5 Å². The monoisotopic (exact) mass is 220 g/mol. The Balaban J connectivity index is 2.09. The molecule has 1 unspecified atom stereocenters. The van der Waals surface area contributed by atoms with Crippen molar-refractivity contribution in [2.75, 3.05) is 45.2 Å². The van der Waals surface area contributed by atoms with Gasteiger partial charge in [0.2, 0.25) is 0 Å². The molecule has 1 aliphatic heterocycles. The average molecular weight is 220 g/mol. The zero-order chi connectivity index (χ0) is 10.6. The van der Waals surface area contributed by atoms with E-state index in [2.05, 4.69) is 10.2 Å². The van der Waals surface area contributed by atoms with Crippen LogP contribution in [-0.2, 0) is 9.84 Å². The number of sulfone groups is 1. The van der Waals surface area contributed by atoms with Gasteiger partial charge in [-0.3, -0.25) is 0 Å². The summed E-state index contributed by atoms with van der Waals surface area (Å²) in [6.07, 6.45) is 0.831. The Labute approximate surface area is 86.6 Å². The van der Waals surface area contributed by atoms with E-state index in [9.17, 15) is 8.42 Å². The maximum atomic E-state index is 11.1. The lowest BCUT2D eigenvalue weighted by molar-refractivity contribution is 0.391. The molecule has 1 heterocycles. The molecule has 1 atom stereocenters. The summed E-state index contributed by atoms with van der Waals surface area (Å²) in [4.78, 5) is 2.11. The summed E-state index contributed by atoms with van der Waals surface area (Å²) in [5, 5.41) is 3.29. The minimum Gasteiger partial charge on any atom is -0.315 e. The molecule has 0 bridgehead atoms. The van der Waals surface area contributed by atoms with E-state index in [1.54, 1.807) is 0 Å². The minimum atomic E-state index is -2.70. The second-order valence-corrected chi connectivity index (χ2v) is 6.51. The molecule has 1 rings (SSSR count). The summed E-state index contributed by atoms with van der Waals surface area (Å²) >= 11 is 0. The van der Waals surface area contributed by atoms with Gasteiger partial charge < -0.3 is 10.2 Å². The van der Waals surface area contributed by atoms with Crippen molar-refractivity contribution in [1.82, 2.24) is 10.2 Å². The molecule has 1 fully saturated rings. The van der Waals surface area contributed by atoms with Crippen LogP contribution >= 0.6 is 0 Å². The molecule has 0 aliphatic carbocycles. The Kier molecular flexibility index (Phi) is 4.34. The van der Waals surface area contributed by atoms with Crippen LogP contribution in [0.3, 0.4) is 0 Å². The highest BCUT2D eigenvalue weighted by Crippen LogP contribution is 2.16. The van der Waals surface area contributed by atoms with E-state index in [-0.39, 0.29) is 0 Å². The highest BCUT2D eigenvalue weighted by Gasteiger charge is 2.27. The third kappa shape index (κ3) is 4.39. The average Bonchev–Trinajstić information content (AvgIpc) is 2.39. The third-order valence-corrected chi connectivity index (χ3v) is 4.33. The van der Waals surface area contributed by atoms with Gasteiger partial charge in [-0.25, -0.2) is 8.42 Å². The van der Waals surface area contributed by atoms with Crippen molar-refractivity contribution in [2.45, 2.75) is 6.42 Å². The highest BCUT2D eigenvalue weighted by molar-refractivity contribution is 7.91. The number of nitrogens with one attached hydrogen (secondary N) is 1. The first-order valence-electron chi connectivity index (χ1n) is 5.05. The second kappa shape index (κ2) is 5.09. The van der Waals surface area contributed by atoms with Gasteiger partial charge in [-0.15, -0.1) is 0 Å². The second-order valence-electron chi connectivity index (χ2n) is 4.28. The van der Waals surface area contributed by atoms with Crippen LogP contribution in [0, 0.1) is 5.92 Å². The molecule has 14 heavy (non-hydrogen) atoms. The number of likely N-dealkylation sites (N-methyl/N-ethyl adjacent to an activating group) is 1. The Hall–Kier alpha value is -0.130. The normalized spacial score (nSPS) is 25.8. The first-order valence-corrected chi connectivity index (χ1v) is 6.87. The van der Waals surface area contributed by atoms with Crippen LogP contribution in [0.15, 0.2) is 0 Å². The first-order chi connectivity index (χ1) is 6.49. The fourth-order valence-electron chi connectivity index (χ4n) is 1.64. The molecule has 5 heteroatoms. The summed E-state index contributed by atoms with van der Waals surface area (Å²) in [5.74, 6) is 1.09. The number of hydrogen-bond donors (Lipinski definition) is 1. The fourth-order valence-corrected chi connectivity index (χ4v) is 3.50. The molecule has 4 nitrogen and oxygen atoms in total. The van der Waals surface area contributed by atoms with Gasteiger partial charge >= 0.3 is 0 Å². The van der Waals surface area contributed by atoms with Crippen LogP contribution in [0.25, 0.3) is 0 Å². The highest BCUT2D eigenvalue weighted by atomic mass is 32.2. The first kappa shape index (κ1) is 11.9. The standard InChI is InChI=1S/C9H20N2O2S/c1-11(2)5-4-10-7-9-3-6-14(12,13)8-9/h9-10H,3-8H2,1-2H3. The van der Waals surface area contributed by atoms with Crippen LogP contribution in [0.5, 0.6) is 0 Å². The van der Waals surface area contributed by atoms with Crippen molar-refractivity contribution in [2.24, 2.45) is 5.92 Å². The van der Waals surface area contributed by atoms with Crippen molar-refractivity contribution >= 4 is 9.84 Å². The van der Waals surface area contributed by atoms with Gasteiger partial charge in [0, 0.05) is 13.1 Å². The lowest BCUT2D eigenvalue weighted by Gasteiger charge is -2.12. The van der Waals surface area contributed by atoms with Crippen molar-refractivity contribution < 1.29 is 8.42 Å². The molecule has 0 aromatic heterocycles. The van der Waals surface area contributed by atoms with E-state index in [4.69, 9.17) is 0 Å². The predicted octanol–water partition coefficient (Wildman–Crippen LogP) is -0.428. The van der Waals surface area contributed by atoms with Gasteiger partial charge in [0.15, 0.2) is 9.84 Å². The number of rotatable bonds is 5. The summed E-state index contributed by atoms with van der Waals surface area (Å²) in [5.41, 5.74) is 0. The van der Waals surface area contributed by atoms with E-state index in [0.29, 0.717) is 17.4 Å². The van der Waals surface area contributed by atoms with Gasteiger partial charge in [-0.1, -0.05) is 0 Å².